The number of carbonyl (C=O) groups is 2. The van der Waals surface area contributed by atoms with E-state index in [2.05, 4.69) is 31.3 Å². The Hall–Kier alpha value is -1.66. The first-order chi connectivity index (χ1) is 35.0. The molecule has 0 aliphatic rings. The maximum absolute atomic E-state index is 12.5. The van der Waals surface area contributed by atoms with Gasteiger partial charge in [0.15, 0.2) is 0 Å². The monoisotopic (exact) mass is 1000 g/mol. The molecule has 2 unspecified atom stereocenters. The van der Waals surface area contributed by atoms with Crippen molar-refractivity contribution in [3.8, 4) is 0 Å². The molecule has 3 N–H and O–H groups in total. The number of aliphatic hydroxyl groups excluding tert-OH is 2. The van der Waals surface area contributed by atoms with Crippen molar-refractivity contribution < 1.29 is 24.5 Å². The molecule has 0 saturated heterocycles. The minimum atomic E-state index is -0.848. The molecule has 1 amide bonds. The van der Waals surface area contributed by atoms with Crippen LogP contribution in [0.5, 0.6) is 0 Å². The summed E-state index contributed by atoms with van der Waals surface area (Å²) in [5.74, 6) is -0.0594. The number of nitrogens with one attached hydrogen (secondary N) is 1. The number of aliphatic hydroxyl groups is 2. The summed E-state index contributed by atoms with van der Waals surface area (Å²) in [5, 5.41) is 23.1. The molecule has 0 bridgehead atoms. The summed E-state index contributed by atoms with van der Waals surface area (Å²) in [4.78, 5) is 24.6. The van der Waals surface area contributed by atoms with Crippen molar-refractivity contribution >= 4 is 11.9 Å². The lowest BCUT2D eigenvalue weighted by atomic mass is 10.0. The van der Waals surface area contributed by atoms with Crippen LogP contribution in [0.1, 0.15) is 354 Å². The number of amides is 1. The van der Waals surface area contributed by atoms with Gasteiger partial charge in [0.05, 0.1) is 25.4 Å². The predicted octanol–water partition coefficient (Wildman–Crippen LogP) is 20.2. The highest BCUT2D eigenvalue weighted by Gasteiger charge is 2.18. The molecule has 0 heterocycles. The fraction of sp³-hybridized carbons (Fsp3) is 0.908. The molecule has 0 rings (SSSR count). The first kappa shape index (κ1) is 69.3. The van der Waals surface area contributed by atoms with Gasteiger partial charge in [-0.2, -0.15) is 0 Å². The summed E-state index contributed by atoms with van der Waals surface area (Å²) in [5.41, 5.74) is 0. The first-order valence-corrected chi connectivity index (χ1v) is 32.1. The third kappa shape index (κ3) is 57.5. The topological polar surface area (TPSA) is 95.9 Å². The number of carbonyl (C=O) groups excluding carboxylic acids is 2. The molecule has 0 fully saturated rings. The highest BCUT2D eigenvalue weighted by atomic mass is 16.5. The Morgan fingerprint density at radius 2 is 0.662 bits per heavy atom. The van der Waals surface area contributed by atoms with Gasteiger partial charge in [0, 0.05) is 12.8 Å². The van der Waals surface area contributed by atoms with E-state index < -0.39 is 12.1 Å². The number of ether oxygens (including phenoxy) is 1. The molecule has 71 heavy (non-hydrogen) atoms. The van der Waals surface area contributed by atoms with Crippen LogP contribution in [0.2, 0.25) is 0 Å². The van der Waals surface area contributed by atoms with Gasteiger partial charge in [0.25, 0.3) is 0 Å². The van der Waals surface area contributed by atoms with Crippen molar-refractivity contribution in [2.45, 2.75) is 366 Å². The molecular formula is C65H125NO5. The predicted molar refractivity (Wildman–Crippen MR) is 310 cm³/mol. The Labute approximate surface area is 443 Å². The second-order valence-electron chi connectivity index (χ2n) is 22.1. The molecular weight excluding hydrogens is 875 g/mol. The molecule has 420 valence electrons. The quantitative estimate of drug-likeness (QED) is 0.0320. The normalized spacial score (nSPS) is 12.7. The van der Waals surface area contributed by atoms with Crippen molar-refractivity contribution in [3.63, 3.8) is 0 Å². The standard InChI is InChI=1S/C65H125NO5/c1-3-5-7-9-11-13-15-17-19-26-31-35-39-43-47-51-55-59-65(70)71-60-56-52-48-44-40-36-32-28-25-23-21-20-22-24-27-30-34-38-42-46-50-54-58-64(69)66-62(61-67)63(68)57-53-49-45-41-37-33-29-18-16-14-12-10-8-6-4-2/h22,24,53,57,62-63,67-68H,3-21,23,25-52,54-56,58-61H2,1-2H3,(H,66,69)/b24-22-,57-53+. The highest BCUT2D eigenvalue weighted by Crippen LogP contribution is 2.18. The average molecular weight is 1000 g/mol. The first-order valence-electron chi connectivity index (χ1n) is 32.1. The van der Waals surface area contributed by atoms with Crippen LogP contribution < -0.4 is 5.32 Å². The maximum Gasteiger partial charge on any atom is 0.305 e. The third-order valence-electron chi connectivity index (χ3n) is 15.0. The maximum atomic E-state index is 12.5. The van der Waals surface area contributed by atoms with Crippen LogP contribution >= 0.6 is 0 Å². The second kappa shape index (κ2) is 60.9. The molecule has 0 radical (unpaired) electrons. The average Bonchev–Trinajstić information content (AvgIpc) is 3.37. The van der Waals surface area contributed by atoms with E-state index in [1.54, 1.807) is 6.08 Å². The highest BCUT2D eigenvalue weighted by molar-refractivity contribution is 5.76. The minimum absolute atomic E-state index is 0.0137. The summed E-state index contributed by atoms with van der Waals surface area (Å²) >= 11 is 0. The summed E-state index contributed by atoms with van der Waals surface area (Å²) in [6.45, 7) is 4.92. The molecule has 0 saturated carbocycles. The molecule has 0 spiro atoms. The fourth-order valence-electron chi connectivity index (χ4n) is 10.0. The van der Waals surface area contributed by atoms with Gasteiger partial charge >= 0.3 is 5.97 Å². The summed E-state index contributed by atoms with van der Waals surface area (Å²) in [7, 11) is 0. The van der Waals surface area contributed by atoms with Crippen molar-refractivity contribution in [1.82, 2.24) is 5.32 Å². The smallest absolute Gasteiger partial charge is 0.305 e. The van der Waals surface area contributed by atoms with Gasteiger partial charge in [0.2, 0.25) is 5.91 Å². The number of esters is 1. The van der Waals surface area contributed by atoms with Crippen molar-refractivity contribution in [2.24, 2.45) is 0 Å². The Kier molecular flexibility index (Phi) is 59.5. The van der Waals surface area contributed by atoms with Crippen molar-refractivity contribution in [3.05, 3.63) is 24.3 Å². The Morgan fingerprint density at radius 3 is 1.00 bits per heavy atom. The zero-order chi connectivity index (χ0) is 51.4. The Balaban J connectivity index is 3.41. The van der Waals surface area contributed by atoms with Crippen molar-refractivity contribution in [1.29, 1.82) is 0 Å². The van der Waals surface area contributed by atoms with Crippen LogP contribution in [0.4, 0.5) is 0 Å². The van der Waals surface area contributed by atoms with E-state index in [4.69, 9.17) is 4.74 Å². The largest absolute Gasteiger partial charge is 0.466 e. The fourth-order valence-corrected chi connectivity index (χ4v) is 10.0. The van der Waals surface area contributed by atoms with Crippen LogP contribution in [0, 0.1) is 0 Å². The van der Waals surface area contributed by atoms with Crippen LogP contribution in [0.15, 0.2) is 24.3 Å². The lowest BCUT2D eigenvalue weighted by Crippen LogP contribution is -2.45. The zero-order valence-electron chi connectivity index (χ0n) is 48.0. The third-order valence-corrected chi connectivity index (χ3v) is 15.0. The Bertz CT molecular complexity index is 1110. The molecule has 0 aromatic carbocycles. The van der Waals surface area contributed by atoms with Crippen LogP contribution in [-0.4, -0.2) is 47.4 Å². The lowest BCUT2D eigenvalue weighted by Gasteiger charge is -2.20. The summed E-state index contributed by atoms with van der Waals surface area (Å²) < 4.78 is 5.50. The number of hydrogen-bond donors (Lipinski definition) is 3. The van der Waals surface area contributed by atoms with Crippen LogP contribution in [-0.2, 0) is 14.3 Å². The van der Waals surface area contributed by atoms with Crippen LogP contribution in [0.25, 0.3) is 0 Å². The van der Waals surface area contributed by atoms with Gasteiger partial charge in [-0.05, 0) is 57.8 Å². The van der Waals surface area contributed by atoms with Gasteiger partial charge in [-0.15, -0.1) is 0 Å². The van der Waals surface area contributed by atoms with E-state index in [9.17, 15) is 19.8 Å². The molecule has 0 aromatic heterocycles. The van der Waals surface area contributed by atoms with Gasteiger partial charge in [-0.25, -0.2) is 0 Å². The van der Waals surface area contributed by atoms with Gasteiger partial charge in [0.1, 0.15) is 0 Å². The SMILES string of the molecule is CCCCCCCCCCCCCCC/C=C/C(O)C(CO)NC(=O)CCCCCCCCC/C=C\CCCCCCCCCCCCCOC(=O)CCCCCCCCCCCCCCCCCCC. The second-order valence-corrected chi connectivity index (χ2v) is 22.1. The minimum Gasteiger partial charge on any atom is -0.466 e. The number of unbranched alkanes of at least 4 members (excludes halogenated alkanes) is 47. The lowest BCUT2D eigenvalue weighted by molar-refractivity contribution is -0.143. The number of allylic oxidation sites excluding steroid dienone is 3. The summed E-state index contributed by atoms with van der Waals surface area (Å²) in [6, 6.07) is -0.632. The Morgan fingerprint density at radius 1 is 0.380 bits per heavy atom. The van der Waals surface area contributed by atoms with E-state index in [-0.39, 0.29) is 18.5 Å². The van der Waals surface area contributed by atoms with Gasteiger partial charge in [-0.3, -0.25) is 9.59 Å². The van der Waals surface area contributed by atoms with E-state index in [0.717, 1.165) is 44.9 Å². The molecule has 0 aliphatic carbocycles. The van der Waals surface area contributed by atoms with E-state index in [1.165, 1.54) is 283 Å². The zero-order valence-corrected chi connectivity index (χ0v) is 48.0. The molecule has 2 atom stereocenters. The van der Waals surface area contributed by atoms with Gasteiger partial charge < -0.3 is 20.3 Å². The van der Waals surface area contributed by atoms with E-state index in [1.807, 2.05) is 6.08 Å². The number of rotatable bonds is 60. The molecule has 0 aliphatic heterocycles. The summed E-state index contributed by atoms with van der Waals surface area (Å²) in [6.07, 6.45) is 75.1. The molecule has 0 aromatic rings. The number of hydrogen-bond acceptors (Lipinski definition) is 5. The molecule has 6 heteroatoms. The van der Waals surface area contributed by atoms with Gasteiger partial charge in [-0.1, -0.05) is 308 Å². The van der Waals surface area contributed by atoms with Crippen LogP contribution in [0.3, 0.4) is 0 Å². The van der Waals surface area contributed by atoms with Crippen molar-refractivity contribution in [2.75, 3.05) is 13.2 Å². The van der Waals surface area contributed by atoms with E-state index in [0.29, 0.717) is 19.4 Å². The molecule has 6 nitrogen and oxygen atoms in total. The van der Waals surface area contributed by atoms with E-state index >= 15 is 0 Å².